The smallest absolute Gasteiger partial charge is 0.0640 e. The van der Waals surface area contributed by atoms with Crippen LogP contribution in [0.5, 0.6) is 0 Å². The molecule has 1 aliphatic rings. The molecular weight excluding hydrogens is 280 g/mol. The van der Waals surface area contributed by atoms with Crippen LogP contribution in [0.25, 0.3) is 0 Å². The van der Waals surface area contributed by atoms with E-state index in [2.05, 4.69) is 53.5 Å². The Morgan fingerprint density at radius 3 is 2.62 bits per heavy atom. The molecule has 2 aromatic rings. The standard InChI is InChI=1S/C18H21ClN2/c1-14-8-9-17(16(19)12-14)20-13-15-6-2-3-7-18(15)21-10-4-5-11-21/h2-3,6-9,12,20H,4-5,10-11,13H2,1H3. The molecule has 21 heavy (non-hydrogen) atoms. The summed E-state index contributed by atoms with van der Waals surface area (Å²) in [6.45, 7) is 5.19. The Labute approximate surface area is 131 Å². The number of rotatable bonds is 4. The van der Waals surface area contributed by atoms with Crippen LogP contribution in [0.2, 0.25) is 5.02 Å². The first-order valence-electron chi connectivity index (χ1n) is 7.57. The summed E-state index contributed by atoms with van der Waals surface area (Å²) in [6.07, 6.45) is 2.59. The van der Waals surface area contributed by atoms with Crippen LogP contribution in [-0.2, 0) is 6.54 Å². The summed E-state index contributed by atoms with van der Waals surface area (Å²) in [5.41, 5.74) is 4.86. The van der Waals surface area contributed by atoms with Gasteiger partial charge in [-0.25, -0.2) is 0 Å². The Hall–Kier alpha value is -1.67. The molecule has 0 bridgehead atoms. The first-order chi connectivity index (χ1) is 10.2. The Kier molecular flexibility index (Phi) is 4.35. The molecule has 0 aliphatic carbocycles. The van der Waals surface area contributed by atoms with Crippen molar-refractivity contribution < 1.29 is 0 Å². The van der Waals surface area contributed by atoms with Crippen LogP contribution >= 0.6 is 11.6 Å². The SMILES string of the molecule is Cc1ccc(NCc2ccccc2N2CCCC2)c(Cl)c1. The van der Waals surface area contributed by atoms with E-state index in [1.54, 1.807) is 0 Å². The lowest BCUT2D eigenvalue weighted by Crippen LogP contribution is -2.19. The van der Waals surface area contributed by atoms with E-state index in [1.165, 1.54) is 42.7 Å². The zero-order valence-corrected chi connectivity index (χ0v) is 13.2. The maximum absolute atomic E-state index is 6.29. The number of benzene rings is 2. The van der Waals surface area contributed by atoms with Crippen molar-refractivity contribution in [1.82, 2.24) is 0 Å². The van der Waals surface area contributed by atoms with Gasteiger partial charge < -0.3 is 10.2 Å². The van der Waals surface area contributed by atoms with E-state index in [4.69, 9.17) is 11.6 Å². The molecule has 1 N–H and O–H groups in total. The van der Waals surface area contributed by atoms with Crippen molar-refractivity contribution in [3.8, 4) is 0 Å². The lowest BCUT2D eigenvalue weighted by molar-refractivity contribution is 0.949. The van der Waals surface area contributed by atoms with Gasteiger partial charge in [-0.2, -0.15) is 0 Å². The van der Waals surface area contributed by atoms with Crippen molar-refractivity contribution in [1.29, 1.82) is 0 Å². The fourth-order valence-electron chi connectivity index (χ4n) is 2.88. The molecule has 0 saturated carbocycles. The predicted molar refractivity (Wildman–Crippen MR) is 91.4 cm³/mol. The quantitative estimate of drug-likeness (QED) is 0.867. The second-order valence-corrected chi connectivity index (χ2v) is 6.07. The van der Waals surface area contributed by atoms with Gasteiger partial charge in [0.1, 0.15) is 0 Å². The summed E-state index contributed by atoms with van der Waals surface area (Å²) in [5, 5.41) is 4.25. The van der Waals surface area contributed by atoms with Crippen molar-refractivity contribution >= 4 is 23.0 Å². The maximum Gasteiger partial charge on any atom is 0.0640 e. The van der Waals surface area contributed by atoms with E-state index >= 15 is 0 Å². The summed E-state index contributed by atoms with van der Waals surface area (Å²) >= 11 is 6.29. The molecule has 2 aromatic carbocycles. The molecule has 1 saturated heterocycles. The molecule has 1 fully saturated rings. The second kappa shape index (κ2) is 6.40. The zero-order chi connectivity index (χ0) is 14.7. The summed E-state index contributed by atoms with van der Waals surface area (Å²) in [6, 6.07) is 14.8. The van der Waals surface area contributed by atoms with E-state index in [0.29, 0.717) is 0 Å². The molecule has 3 rings (SSSR count). The minimum absolute atomic E-state index is 0.786. The molecule has 0 atom stereocenters. The summed E-state index contributed by atoms with van der Waals surface area (Å²) in [5.74, 6) is 0. The van der Waals surface area contributed by atoms with Gasteiger partial charge in [0, 0.05) is 25.3 Å². The molecule has 0 unspecified atom stereocenters. The minimum atomic E-state index is 0.786. The summed E-state index contributed by atoms with van der Waals surface area (Å²) in [4.78, 5) is 2.48. The highest BCUT2D eigenvalue weighted by Crippen LogP contribution is 2.27. The van der Waals surface area contributed by atoms with E-state index in [0.717, 1.165) is 17.3 Å². The first-order valence-corrected chi connectivity index (χ1v) is 7.95. The van der Waals surface area contributed by atoms with Crippen molar-refractivity contribution in [2.75, 3.05) is 23.3 Å². The third-order valence-corrected chi connectivity index (χ3v) is 4.34. The second-order valence-electron chi connectivity index (χ2n) is 5.66. The van der Waals surface area contributed by atoms with E-state index in [1.807, 2.05) is 6.07 Å². The van der Waals surface area contributed by atoms with Gasteiger partial charge in [-0.15, -0.1) is 0 Å². The van der Waals surface area contributed by atoms with Crippen LogP contribution in [0, 0.1) is 6.92 Å². The largest absolute Gasteiger partial charge is 0.380 e. The Balaban J connectivity index is 1.75. The van der Waals surface area contributed by atoms with Crippen LogP contribution < -0.4 is 10.2 Å². The van der Waals surface area contributed by atoms with Gasteiger partial charge in [0.25, 0.3) is 0 Å². The topological polar surface area (TPSA) is 15.3 Å². The molecule has 0 spiro atoms. The van der Waals surface area contributed by atoms with Crippen LogP contribution in [0.15, 0.2) is 42.5 Å². The number of nitrogens with one attached hydrogen (secondary N) is 1. The molecular formula is C18H21ClN2. The van der Waals surface area contributed by atoms with Gasteiger partial charge in [0.15, 0.2) is 0 Å². The highest BCUT2D eigenvalue weighted by Gasteiger charge is 2.15. The molecule has 0 radical (unpaired) electrons. The van der Waals surface area contributed by atoms with Crippen molar-refractivity contribution in [2.24, 2.45) is 0 Å². The molecule has 2 nitrogen and oxygen atoms in total. The van der Waals surface area contributed by atoms with Gasteiger partial charge in [-0.05, 0) is 49.1 Å². The van der Waals surface area contributed by atoms with E-state index in [-0.39, 0.29) is 0 Å². The number of halogens is 1. The lowest BCUT2D eigenvalue weighted by atomic mass is 10.1. The van der Waals surface area contributed by atoms with Gasteiger partial charge in [0.2, 0.25) is 0 Å². The van der Waals surface area contributed by atoms with Crippen molar-refractivity contribution in [2.45, 2.75) is 26.3 Å². The van der Waals surface area contributed by atoms with E-state index in [9.17, 15) is 0 Å². The Bertz CT molecular complexity index is 618. The normalized spacial score (nSPS) is 14.5. The molecule has 1 aliphatic heterocycles. The molecule has 0 amide bonds. The highest BCUT2D eigenvalue weighted by atomic mass is 35.5. The van der Waals surface area contributed by atoms with Crippen LogP contribution in [0.3, 0.4) is 0 Å². The number of para-hydroxylation sites is 1. The number of hydrogen-bond acceptors (Lipinski definition) is 2. The minimum Gasteiger partial charge on any atom is -0.380 e. The molecule has 0 aromatic heterocycles. The maximum atomic E-state index is 6.29. The van der Waals surface area contributed by atoms with E-state index < -0.39 is 0 Å². The summed E-state index contributed by atoms with van der Waals surface area (Å²) < 4.78 is 0. The van der Waals surface area contributed by atoms with Gasteiger partial charge in [-0.1, -0.05) is 35.9 Å². The average Bonchev–Trinajstić information content (AvgIpc) is 3.01. The van der Waals surface area contributed by atoms with Gasteiger partial charge in [-0.3, -0.25) is 0 Å². The molecule has 1 heterocycles. The third kappa shape index (κ3) is 3.33. The number of hydrogen-bond donors (Lipinski definition) is 1. The number of anilines is 2. The van der Waals surface area contributed by atoms with Crippen molar-refractivity contribution in [3.05, 3.63) is 58.6 Å². The number of nitrogens with zero attached hydrogens (tertiary/aromatic N) is 1. The van der Waals surface area contributed by atoms with Crippen LogP contribution in [-0.4, -0.2) is 13.1 Å². The average molecular weight is 301 g/mol. The zero-order valence-electron chi connectivity index (χ0n) is 12.4. The Morgan fingerprint density at radius 2 is 1.86 bits per heavy atom. The fourth-order valence-corrected chi connectivity index (χ4v) is 3.18. The van der Waals surface area contributed by atoms with Crippen LogP contribution in [0.4, 0.5) is 11.4 Å². The fraction of sp³-hybridized carbons (Fsp3) is 0.333. The third-order valence-electron chi connectivity index (χ3n) is 4.03. The first kappa shape index (κ1) is 14.3. The van der Waals surface area contributed by atoms with Gasteiger partial charge >= 0.3 is 0 Å². The van der Waals surface area contributed by atoms with Crippen molar-refractivity contribution in [3.63, 3.8) is 0 Å². The monoisotopic (exact) mass is 300 g/mol. The molecule has 110 valence electrons. The van der Waals surface area contributed by atoms with Crippen LogP contribution in [0.1, 0.15) is 24.0 Å². The number of aryl methyl sites for hydroxylation is 1. The molecule has 3 heteroatoms. The summed E-state index contributed by atoms with van der Waals surface area (Å²) in [7, 11) is 0. The lowest BCUT2D eigenvalue weighted by Gasteiger charge is -2.22. The van der Waals surface area contributed by atoms with Gasteiger partial charge in [0.05, 0.1) is 10.7 Å². The predicted octanol–water partition coefficient (Wildman–Crippen LogP) is 4.86. The Morgan fingerprint density at radius 1 is 1.10 bits per heavy atom. The highest BCUT2D eigenvalue weighted by molar-refractivity contribution is 6.33.